The zero-order chi connectivity index (χ0) is 23.0. The fraction of sp³-hybridized carbons (Fsp3) is 0.240. The molecule has 0 saturated carbocycles. The number of allylic oxidation sites excluding steroid dienone is 4. The summed E-state index contributed by atoms with van der Waals surface area (Å²) in [6.07, 6.45) is 9.02. The number of nitrogens with one attached hydrogen (secondary N) is 1. The minimum Gasteiger partial charge on any atom is -0.496 e. The van der Waals surface area contributed by atoms with Gasteiger partial charge in [0.15, 0.2) is 0 Å². The zero-order valence-electron chi connectivity index (χ0n) is 18.6. The fourth-order valence-electron chi connectivity index (χ4n) is 3.02. The average Bonchev–Trinajstić information content (AvgIpc) is 2.79. The van der Waals surface area contributed by atoms with Gasteiger partial charge in [0.05, 0.1) is 19.2 Å². The fourth-order valence-corrected chi connectivity index (χ4v) is 3.32. The van der Waals surface area contributed by atoms with Gasteiger partial charge in [0.2, 0.25) is 0 Å². The van der Waals surface area contributed by atoms with Gasteiger partial charge in [-0.25, -0.2) is 9.37 Å². The van der Waals surface area contributed by atoms with Crippen molar-refractivity contribution in [1.29, 1.82) is 0 Å². The van der Waals surface area contributed by atoms with Crippen LogP contribution in [-0.4, -0.2) is 19.2 Å². The number of nitrogens with zero attached hydrogens (tertiary/aromatic N) is 1. The van der Waals surface area contributed by atoms with Crippen LogP contribution in [0.3, 0.4) is 0 Å². The van der Waals surface area contributed by atoms with Crippen molar-refractivity contribution in [1.82, 2.24) is 4.98 Å². The van der Waals surface area contributed by atoms with E-state index in [1.165, 1.54) is 19.4 Å². The summed E-state index contributed by atoms with van der Waals surface area (Å²) < 4.78 is 25.9. The van der Waals surface area contributed by atoms with Crippen molar-refractivity contribution < 1.29 is 13.9 Å². The van der Waals surface area contributed by atoms with Crippen LogP contribution >= 0.6 is 11.6 Å². The third kappa shape index (κ3) is 5.76. The highest BCUT2D eigenvalue weighted by atomic mass is 35.5. The Morgan fingerprint density at radius 1 is 1.26 bits per heavy atom. The Labute approximate surface area is 188 Å². The number of benzene rings is 1. The van der Waals surface area contributed by atoms with Crippen LogP contribution < -0.4 is 14.8 Å². The molecule has 1 aromatic heterocycles. The standard InChI is InChI=1S/C25H28ClFN2O2/c1-7-10-21(16(4)8-2)29-24-12-11-17(15-28-24)20(27)13-19-18(9-3)22(30-5)14-23(31-6)25(19)26/h7-8,10-15H,1,9H2,2-6H3,(H,28,29)/b16-8-,20-13-,21-10+. The van der Waals surface area contributed by atoms with Gasteiger partial charge in [-0.3, -0.25) is 0 Å². The molecule has 164 valence electrons. The summed E-state index contributed by atoms with van der Waals surface area (Å²) in [6.45, 7) is 9.62. The Morgan fingerprint density at radius 3 is 2.48 bits per heavy atom. The molecule has 2 aromatic rings. The van der Waals surface area contributed by atoms with Crippen molar-refractivity contribution in [2.45, 2.75) is 27.2 Å². The van der Waals surface area contributed by atoms with Crippen LogP contribution in [0.5, 0.6) is 11.5 Å². The maximum atomic E-state index is 15.1. The molecule has 6 heteroatoms. The normalized spacial score (nSPS) is 12.5. The first-order valence-electron chi connectivity index (χ1n) is 9.90. The molecule has 0 fully saturated rings. The van der Waals surface area contributed by atoms with Crippen LogP contribution in [-0.2, 0) is 6.42 Å². The SMILES string of the molecule is C=C/C=C(Nc1ccc(/C(F)=C/c2c(Cl)c(OC)cc(OC)c2CC)cn1)\C(C)=C/C. The average molecular weight is 443 g/mol. The van der Waals surface area contributed by atoms with E-state index < -0.39 is 5.83 Å². The minimum absolute atomic E-state index is 0.336. The van der Waals surface area contributed by atoms with Gasteiger partial charge in [0, 0.05) is 34.7 Å². The molecule has 0 aliphatic rings. The van der Waals surface area contributed by atoms with Crippen LogP contribution in [0, 0.1) is 0 Å². The maximum Gasteiger partial charge on any atom is 0.141 e. The van der Waals surface area contributed by atoms with E-state index >= 15 is 4.39 Å². The van der Waals surface area contributed by atoms with Crippen LogP contribution in [0.4, 0.5) is 10.2 Å². The molecular weight excluding hydrogens is 415 g/mol. The van der Waals surface area contributed by atoms with Crippen LogP contribution in [0.25, 0.3) is 11.9 Å². The third-order valence-corrected chi connectivity index (χ3v) is 5.24. The van der Waals surface area contributed by atoms with Gasteiger partial charge in [0.1, 0.15) is 23.1 Å². The molecule has 2 rings (SSSR count). The number of rotatable bonds is 9. The molecule has 0 amide bonds. The van der Waals surface area contributed by atoms with Crippen molar-refractivity contribution in [2.24, 2.45) is 0 Å². The number of hydrogen-bond acceptors (Lipinski definition) is 4. The lowest BCUT2D eigenvalue weighted by Gasteiger charge is -2.15. The number of hydrogen-bond donors (Lipinski definition) is 1. The highest BCUT2D eigenvalue weighted by molar-refractivity contribution is 6.34. The molecule has 0 atom stereocenters. The smallest absolute Gasteiger partial charge is 0.141 e. The summed E-state index contributed by atoms with van der Waals surface area (Å²) in [7, 11) is 3.07. The van der Waals surface area contributed by atoms with Gasteiger partial charge in [-0.2, -0.15) is 0 Å². The summed E-state index contributed by atoms with van der Waals surface area (Å²) in [5.74, 6) is 1.16. The molecule has 0 saturated heterocycles. The number of pyridine rings is 1. The molecule has 0 spiro atoms. The molecule has 0 aliphatic heterocycles. The lowest BCUT2D eigenvalue weighted by molar-refractivity contribution is 0.391. The van der Waals surface area contributed by atoms with Crippen molar-refractivity contribution in [3.63, 3.8) is 0 Å². The van der Waals surface area contributed by atoms with E-state index in [0.717, 1.165) is 16.8 Å². The van der Waals surface area contributed by atoms with E-state index in [1.807, 2.05) is 32.9 Å². The molecule has 1 aromatic carbocycles. The predicted molar refractivity (Wildman–Crippen MR) is 128 cm³/mol. The van der Waals surface area contributed by atoms with Gasteiger partial charge in [-0.15, -0.1) is 0 Å². The van der Waals surface area contributed by atoms with Crippen molar-refractivity contribution in [3.8, 4) is 11.5 Å². The molecule has 31 heavy (non-hydrogen) atoms. The first-order valence-corrected chi connectivity index (χ1v) is 10.3. The van der Waals surface area contributed by atoms with Crippen molar-refractivity contribution in [3.05, 3.63) is 82.2 Å². The molecular formula is C25H28ClFN2O2. The lowest BCUT2D eigenvalue weighted by atomic mass is 10.0. The second-order valence-corrected chi connectivity index (χ2v) is 7.06. The second kappa shape index (κ2) is 11.4. The topological polar surface area (TPSA) is 43.4 Å². The summed E-state index contributed by atoms with van der Waals surface area (Å²) in [5.41, 5.74) is 3.58. The molecule has 4 nitrogen and oxygen atoms in total. The van der Waals surface area contributed by atoms with E-state index in [0.29, 0.717) is 39.9 Å². The number of methoxy groups -OCH3 is 2. The summed E-state index contributed by atoms with van der Waals surface area (Å²) in [4.78, 5) is 4.34. The number of ether oxygens (including phenoxy) is 2. The molecule has 0 aliphatic carbocycles. The van der Waals surface area contributed by atoms with Crippen LogP contribution in [0.2, 0.25) is 5.02 Å². The summed E-state index contributed by atoms with van der Waals surface area (Å²) in [5, 5.41) is 3.55. The van der Waals surface area contributed by atoms with Crippen molar-refractivity contribution in [2.75, 3.05) is 19.5 Å². The first kappa shape index (κ1) is 24.2. The van der Waals surface area contributed by atoms with Gasteiger partial charge in [-0.05, 0) is 50.1 Å². The number of halogens is 2. The van der Waals surface area contributed by atoms with E-state index in [-0.39, 0.29) is 0 Å². The molecule has 1 heterocycles. The quantitative estimate of drug-likeness (QED) is 0.416. The second-order valence-electron chi connectivity index (χ2n) is 6.68. The van der Waals surface area contributed by atoms with E-state index in [1.54, 1.807) is 31.4 Å². The minimum atomic E-state index is -0.461. The van der Waals surface area contributed by atoms with Gasteiger partial charge in [-0.1, -0.05) is 37.3 Å². The Balaban J connectivity index is 2.41. The molecule has 1 N–H and O–H groups in total. The summed E-state index contributed by atoms with van der Waals surface area (Å²) >= 11 is 6.47. The Bertz CT molecular complexity index is 1020. The van der Waals surface area contributed by atoms with E-state index in [9.17, 15) is 0 Å². The Hall–Kier alpha value is -3.05. The first-order chi connectivity index (χ1) is 14.9. The van der Waals surface area contributed by atoms with Gasteiger partial charge >= 0.3 is 0 Å². The van der Waals surface area contributed by atoms with Gasteiger partial charge in [0.25, 0.3) is 0 Å². The summed E-state index contributed by atoms with van der Waals surface area (Å²) in [6, 6.07) is 5.09. The molecule has 0 bridgehead atoms. The highest BCUT2D eigenvalue weighted by Gasteiger charge is 2.17. The zero-order valence-corrected chi connectivity index (χ0v) is 19.3. The maximum absolute atomic E-state index is 15.1. The lowest BCUT2D eigenvalue weighted by Crippen LogP contribution is -2.02. The molecule has 0 radical (unpaired) electrons. The number of anilines is 1. The Morgan fingerprint density at radius 2 is 1.97 bits per heavy atom. The monoisotopic (exact) mass is 442 g/mol. The van der Waals surface area contributed by atoms with Crippen LogP contribution in [0.15, 0.2) is 60.5 Å². The largest absolute Gasteiger partial charge is 0.496 e. The number of aromatic nitrogens is 1. The van der Waals surface area contributed by atoms with Gasteiger partial charge < -0.3 is 14.8 Å². The van der Waals surface area contributed by atoms with E-state index in [2.05, 4.69) is 16.9 Å². The third-order valence-electron chi connectivity index (χ3n) is 4.85. The van der Waals surface area contributed by atoms with E-state index in [4.69, 9.17) is 21.1 Å². The van der Waals surface area contributed by atoms with Crippen molar-refractivity contribution >= 4 is 29.3 Å². The van der Waals surface area contributed by atoms with Crippen LogP contribution in [0.1, 0.15) is 37.5 Å². The Kier molecular flexibility index (Phi) is 8.88. The molecule has 0 unspecified atom stereocenters. The predicted octanol–water partition coefficient (Wildman–Crippen LogP) is 7.23. The highest BCUT2D eigenvalue weighted by Crippen LogP contribution is 2.39.